The number of hydrogen-bond acceptors (Lipinski definition) is 8. The molecule has 0 aliphatic heterocycles. The van der Waals surface area contributed by atoms with Crippen LogP contribution in [0, 0.1) is 6.92 Å². The lowest BCUT2D eigenvalue weighted by atomic mass is 10.1. The predicted octanol–water partition coefficient (Wildman–Crippen LogP) is 4.42. The molecule has 3 aromatic heterocycles. The maximum atomic E-state index is 13.0. The highest BCUT2D eigenvalue weighted by Crippen LogP contribution is 2.31. The summed E-state index contributed by atoms with van der Waals surface area (Å²) in [4.78, 5) is 22.1. The van der Waals surface area contributed by atoms with Gasteiger partial charge in [0.05, 0.1) is 23.2 Å². The fourth-order valence-electron chi connectivity index (χ4n) is 3.41. The highest BCUT2D eigenvalue weighted by atomic mass is 35.5. The van der Waals surface area contributed by atoms with Gasteiger partial charge < -0.3 is 15.2 Å². The number of carbonyl (C=O) groups excluding carboxylic acids is 1. The minimum Gasteiger partial charge on any atom is -0.367 e. The number of carbonyl (C=O) groups is 1. The molecule has 0 spiro atoms. The smallest absolute Gasteiger partial charge is 0.257 e. The summed E-state index contributed by atoms with van der Waals surface area (Å²) in [6.07, 6.45) is 3.67. The molecule has 0 aliphatic carbocycles. The lowest BCUT2D eigenvalue weighted by molar-refractivity contribution is 0.0951. The van der Waals surface area contributed by atoms with Crippen LogP contribution in [0.4, 0.5) is 5.82 Å². The van der Waals surface area contributed by atoms with Crippen LogP contribution in [0.5, 0.6) is 0 Å². The van der Waals surface area contributed by atoms with Crippen molar-refractivity contribution in [2.45, 2.75) is 38.5 Å². The summed E-state index contributed by atoms with van der Waals surface area (Å²) < 4.78 is 7.05. The zero-order chi connectivity index (χ0) is 23.5. The summed E-state index contributed by atoms with van der Waals surface area (Å²) in [7, 11) is 0. The zero-order valence-corrected chi connectivity index (χ0v) is 20.3. The van der Waals surface area contributed by atoms with Gasteiger partial charge in [-0.25, -0.2) is 14.6 Å². The number of aryl methyl sites for hydroxylation is 1. The Morgan fingerprint density at radius 2 is 2.06 bits per heavy atom. The monoisotopic (exact) mass is 485 g/mol. The van der Waals surface area contributed by atoms with Gasteiger partial charge in [-0.2, -0.15) is 5.10 Å². The van der Waals surface area contributed by atoms with E-state index < -0.39 is 0 Å². The molecular weight excluding hydrogens is 462 g/mol. The minimum absolute atomic E-state index is 0.222. The van der Waals surface area contributed by atoms with Gasteiger partial charge >= 0.3 is 0 Å². The Labute approximate surface area is 200 Å². The number of aromatic nitrogens is 5. The van der Waals surface area contributed by atoms with Crippen molar-refractivity contribution < 1.29 is 9.32 Å². The van der Waals surface area contributed by atoms with E-state index in [1.165, 1.54) is 11.8 Å². The summed E-state index contributed by atoms with van der Waals surface area (Å²) in [6.45, 7) is 6.58. The van der Waals surface area contributed by atoms with Crippen molar-refractivity contribution in [1.29, 1.82) is 0 Å². The van der Waals surface area contributed by atoms with Crippen LogP contribution in [0.1, 0.15) is 30.0 Å². The molecule has 172 valence electrons. The molecule has 0 aliphatic rings. The Kier molecular flexibility index (Phi) is 6.85. The van der Waals surface area contributed by atoms with Crippen LogP contribution in [0.15, 0.2) is 40.1 Å². The Morgan fingerprint density at radius 3 is 2.79 bits per heavy atom. The highest BCUT2D eigenvalue weighted by molar-refractivity contribution is 7.98. The summed E-state index contributed by atoms with van der Waals surface area (Å²) in [5.74, 6) is 0.884. The number of nitrogens with zero attached hydrogens (tertiary/aromatic N) is 5. The second-order valence-electron chi connectivity index (χ2n) is 7.66. The predicted molar refractivity (Wildman–Crippen MR) is 130 cm³/mol. The quantitative estimate of drug-likeness (QED) is 0.279. The SMILES string of the molecule is CSc1nc(NC(C)C)c2cnn(CCNC(=O)c3c(-c4ccccc4Cl)noc3C)c2n1. The van der Waals surface area contributed by atoms with Crippen molar-refractivity contribution >= 4 is 46.1 Å². The molecule has 1 aromatic carbocycles. The Balaban J connectivity index is 1.52. The fraction of sp³-hybridized carbons (Fsp3) is 0.318. The van der Waals surface area contributed by atoms with Crippen molar-refractivity contribution in [3.8, 4) is 11.3 Å². The summed E-state index contributed by atoms with van der Waals surface area (Å²) >= 11 is 7.76. The first-order valence-electron chi connectivity index (χ1n) is 10.4. The van der Waals surface area contributed by atoms with E-state index in [1.807, 2.05) is 18.4 Å². The molecule has 9 nitrogen and oxygen atoms in total. The molecule has 3 heterocycles. The van der Waals surface area contributed by atoms with Crippen molar-refractivity contribution in [3.05, 3.63) is 46.8 Å². The number of fused-ring (bicyclic) bond motifs is 1. The third-order valence-corrected chi connectivity index (χ3v) is 5.79. The Hall–Kier alpha value is -3.11. The third-order valence-electron chi connectivity index (χ3n) is 4.91. The summed E-state index contributed by atoms with van der Waals surface area (Å²) in [6, 6.07) is 7.43. The van der Waals surface area contributed by atoms with E-state index in [1.54, 1.807) is 29.9 Å². The van der Waals surface area contributed by atoms with Crippen molar-refractivity contribution in [1.82, 2.24) is 30.2 Å². The molecular formula is C22H24ClN7O2S. The number of amides is 1. The molecule has 0 fully saturated rings. The van der Waals surface area contributed by atoms with Crippen molar-refractivity contribution in [2.75, 3.05) is 18.1 Å². The zero-order valence-electron chi connectivity index (χ0n) is 18.7. The van der Waals surface area contributed by atoms with E-state index in [0.29, 0.717) is 51.5 Å². The summed E-state index contributed by atoms with van der Waals surface area (Å²) in [5, 5.41) is 16.8. The van der Waals surface area contributed by atoms with E-state index in [0.717, 1.165) is 11.2 Å². The van der Waals surface area contributed by atoms with Crippen molar-refractivity contribution in [2.24, 2.45) is 0 Å². The van der Waals surface area contributed by atoms with Crippen LogP contribution >= 0.6 is 23.4 Å². The molecule has 0 atom stereocenters. The van der Waals surface area contributed by atoms with Crippen LogP contribution in [-0.2, 0) is 6.54 Å². The second kappa shape index (κ2) is 9.80. The maximum absolute atomic E-state index is 13.0. The molecule has 11 heteroatoms. The molecule has 0 radical (unpaired) electrons. The first-order valence-corrected chi connectivity index (χ1v) is 12.0. The second-order valence-corrected chi connectivity index (χ2v) is 8.84. The topological polar surface area (TPSA) is 111 Å². The highest BCUT2D eigenvalue weighted by Gasteiger charge is 2.23. The lowest BCUT2D eigenvalue weighted by Gasteiger charge is -2.11. The van der Waals surface area contributed by atoms with Gasteiger partial charge in [-0.1, -0.05) is 46.7 Å². The van der Waals surface area contributed by atoms with Crippen LogP contribution in [0.25, 0.3) is 22.3 Å². The van der Waals surface area contributed by atoms with Gasteiger partial charge in [0, 0.05) is 18.2 Å². The molecule has 0 unspecified atom stereocenters. The Bertz CT molecular complexity index is 1300. The van der Waals surface area contributed by atoms with E-state index in [-0.39, 0.29) is 11.9 Å². The average Bonchev–Trinajstić information content (AvgIpc) is 3.37. The van der Waals surface area contributed by atoms with Crippen molar-refractivity contribution in [3.63, 3.8) is 0 Å². The maximum Gasteiger partial charge on any atom is 0.257 e. The number of nitrogens with one attached hydrogen (secondary N) is 2. The number of thioether (sulfide) groups is 1. The molecule has 4 aromatic rings. The minimum atomic E-state index is -0.290. The molecule has 0 saturated heterocycles. The van der Waals surface area contributed by atoms with Gasteiger partial charge in [-0.3, -0.25) is 4.79 Å². The van der Waals surface area contributed by atoms with Gasteiger partial charge in [0.1, 0.15) is 22.8 Å². The van der Waals surface area contributed by atoms with E-state index >= 15 is 0 Å². The fourth-order valence-corrected chi connectivity index (χ4v) is 4.00. The lowest BCUT2D eigenvalue weighted by Crippen LogP contribution is -2.28. The van der Waals surface area contributed by atoms with Gasteiger partial charge in [0.15, 0.2) is 10.8 Å². The van der Waals surface area contributed by atoms with E-state index in [4.69, 9.17) is 16.1 Å². The van der Waals surface area contributed by atoms with E-state index in [9.17, 15) is 4.79 Å². The van der Waals surface area contributed by atoms with Crippen LogP contribution in [0.2, 0.25) is 5.02 Å². The number of halogens is 1. The van der Waals surface area contributed by atoms with Crippen LogP contribution in [-0.4, -0.2) is 49.7 Å². The molecule has 0 saturated carbocycles. The van der Waals surface area contributed by atoms with E-state index in [2.05, 4.69) is 44.7 Å². The molecule has 33 heavy (non-hydrogen) atoms. The summed E-state index contributed by atoms with van der Waals surface area (Å²) in [5.41, 5.74) is 2.14. The molecule has 1 amide bonds. The van der Waals surface area contributed by atoms with Crippen LogP contribution in [0.3, 0.4) is 0 Å². The Morgan fingerprint density at radius 1 is 1.27 bits per heavy atom. The van der Waals surface area contributed by atoms with Gasteiger partial charge in [-0.15, -0.1) is 0 Å². The number of hydrogen-bond donors (Lipinski definition) is 2. The van der Waals surface area contributed by atoms with Gasteiger partial charge in [0.2, 0.25) is 0 Å². The number of benzene rings is 1. The van der Waals surface area contributed by atoms with Gasteiger partial charge in [-0.05, 0) is 33.1 Å². The van der Waals surface area contributed by atoms with Gasteiger partial charge in [0.25, 0.3) is 5.91 Å². The first kappa shape index (κ1) is 23.1. The molecule has 0 bridgehead atoms. The van der Waals surface area contributed by atoms with Crippen LogP contribution < -0.4 is 10.6 Å². The standard InChI is InChI=1S/C22H24ClN7O2S/c1-12(2)26-19-15-11-25-30(20(15)28-22(27-19)33-4)10-9-24-21(31)17-13(3)32-29-18(17)14-7-5-6-8-16(14)23/h5-8,11-12H,9-10H2,1-4H3,(H,24,31)(H,26,27,28). The molecule has 4 rings (SSSR count). The first-order chi connectivity index (χ1) is 15.9. The third kappa shape index (κ3) is 4.81. The normalized spacial score (nSPS) is 11.3. The molecule has 2 N–H and O–H groups in total. The number of rotatable bonds is 8. The average molecular weight is 486 g/mol. The largest absolute Gasteiger partial charge is 0.367 e. The number of anilines is 1.